The fourth-order valence-corrected chi connectivity index (χ4v) is 3.77. The van der Waals surface area contributed by atoms with Crippen LogP contribution in [0.1, 0.15) is 5.56 Å². The third-order valence-corrected chi connectivity index (χ3v) is 5.29. The summed E-state index contributed by atoms with van der Waals surface area (Å²) in [6.45, 7) is 1.79. The monoisotopic (exact) mass is 301 g/mol. The second-order valence-corrected chi connectivity index (χ2v) is 7.21. The van der Waals surface area contributed by atoms with Gasteiger partial charge in [-0.05, 0) is 42.8 Å². The van der Waals surface area contributed by atoms with Crippen LogP contribution in [0.5, 0.6) is 0 Å². The SMILES string of the molecule is Cc1cc([N]S(=O)(=O)c2ccc(Cl)s2)ccc1N. The van der Waals surface area contributed by atoms with Crippen LogP contribution in [0.4, 0.5) is 11.4 Å². The number of benzene rings is 1. The van der Waals surface area contributed by atoms with E-state index in [1.54, 1.807) is 25.1 Å². The van der Waals surface area contributed by atoms with E-state index >= 15 is 0 Å². The Balaban J connectivity index is 2.30. The minimum absolute atomic E-state index is 0.127. The van der Waals surface area contributed by atoms with Gasteiger partial charge in [0.2, 0.25) is 0 Å². The first-order valence-electron chi connectivity index (χ1n) is 4.98. The summed E-state index contributed by atoms with van der Waals surface area (Å²) in [5.74, 6) is 0. The van der Waals surface area contributed by atoms with Crippen molar-refractivity contribution in [1.82, 2.24) is 4.72 Å². The van der Waals surface area contributed by atoms with E-state index < -0.39 is 10.0 Å². The fraction of sp³-hybridized carbons (Fsp3) is 0.0909. The van der Waals surface area contributed by atoms with Crippen LogP contribution in [0, 0.1) is 6.92 Å². The van der Waals surface area contributed by atoms with E-state index in [4.69, 9.17) is 17.3 Å². The van der Waals surface area contributed by atoms with E-state index in [9.17, 15) is 8.42 Å². The minimum Gasteiger partial charge on any atom is -0.399 e. The van der Waals surface area contributed by atoms with Gasteiger partial charge in [-0.2, -0.15) is 13.1 Å². The molecule has 1 aromatic heterocycles. The van der Waals surface area contributed by atoms with Gasteiger partial charge in [-0.3, -0.25) is 0 Å². The number of hydrogen-bond acceptors (Lipinski definition) is 4. The summed E-state index contributed by atoms with van der Waals surface area (Å²) in [6, 6.07) is 7.79. The molecule has 0 saturated carbocycles. The summed E-state index contributed by atoms with van der Waals surface area (Å²) in [5, 5.41) is 0. The van der Waals surface area contributed by atoms with Crippen LogP contribution in [0.3, 0.4) is 0 Å². The van der Waals surface area contributed by atoms with Gasteiger partial charge in [0.15, 0.2) is 0 Å². The second kappa shape index (κ2) is 4.79. The lowest BCUT2D eigenvalue weighted by Crippen LogP contribution is -2.10. The molecule has 2 aromatic rings. The number of sulfonamides is 1. The second-order valence-electron chi connectivity index (χ2n) is 3.67. The normalized spacial score (nSPS) is 11.4. The Hall–Kier alpha value is -1.24. The Kier molecular flexibility index (Phi) is 3.52. The molecule has 0 bridgehead atoms. The van der Waals surface area contributed by atoms with E-state index in [1.165, 1.54) is 12.1 Å². The fourth-order valence-electron chi connectivity index (χ4n) is 1.34. The van der Waals surface area contributed by atoms with Gasteiger partial charge in [0, 0.05) is 5.69 Å². The van der Waals surface area contributed by atoms with Gasteiger partial charge < -0.3 is 5.73 Å². The lowest BCUT2D eigenvalue weighted by Gasteiger charge is -2.05. The van der Waals surface area contributed by atoms with Crippen LogP contribution in [-0.4, -0.2) is 8.42 Å². The van der Waals surface area contributed by atoms with Crippen LogP contribution in [0.2, 0.25) is 4.34 Å². The number of nitrogens with zero attached hydrogens (tertiary/aromatic N) is 1. The van der Waals surface area contributed by atoms with Crippen molar-refractivity contribution in [2.45, 2.75) is 11.1 Å². The molecule has 0 unspecified atom stereocenters. The molecule has 2 N–H and O–H groups in total. The first-order valence-corrected chi connectivity index (χ1v) is 7.61. The molecule has 0 spiro atoms. The molecule has 0 aliphatic heterocycles. The maximum absolute atomic E-state index is 12.0. The molecule has 0 aliphatic rings. The summed E-state index contributed by atoms with van der Waals surface area (Å²) in [6.07, 6.45) is 0. The first-order chi connectivity index (χ1) is 8.38. The van der Waals surface area contributed by atoms with Crippen LogP contribution in [0.15, 0.2) is 34.5 Å². The Bertz CT molecular complexity index is 680. The average molecular weight is 302 g/mol. The number of anilines is 1. The molecule has 4 nitrogen and oxygen atoms in total. The molecule has 1 radical (unpaired) electrons. The van der Waals surface area contributed by atoms with Crippen molar-refractivity contribution in [2.24, 2.45) is 0 Å². The number of halogens is 1. The molecular formula is C11H10ClN2O2S2. The summed E-state index contributed by atoms with van der Waals surface area (Å²) >= 11 is 6.69. The predicted molar refractivity (Wildman–Crippen MR) is 73.9 cm³/mol. The number of thiophene rings is 1. The summed E-state index contributed by atoms with van der Waals surface area (Å²) in [7, 11) is -3.70. The van der Waals surface area contributed by atoms with Crippen molar-refractivity contribution in [3.05, 3.63) is 40.2 Å². The van der Waals surface area contributed by atoms with Gasteiger partial charge in [-0.1, -0.05) is 11.6 Å². The van der Waals surface area contributed by atoms with Gasteiger partial charge in [-0.15, -0.1) is 11.3 Å². The lowest BCUT2D eigenvalue weighted by atomic mass is 10.2. The Labute approximate surface area is 114 Å². The average Bonchev–Trinajstić information content (AvgIpc) is 2.71. The van der Waals surface area contributed by atoms with Crippen molar-refractivity contribution in [3.8, 4) is 0 Å². The molecule has 1 aromatic carbocycles. The quantitative estimate of drug-likeness (QED) is 0.886. The molecule has 0 atom stereocenters. The number of hydrogen-bond donors (Lipinski definition) is 1. The van der Waals surface area contributed by atoms with Crippen LogP contribution in [0.25, 0.3) is 0 Å². The minimum atomic E-state index is -3.70. The zero-order valence-corrected chi connectivity index (χ0v) is 11.8. The zero-order valence-electron chi connectivity index (χ0n) is 9.42. The molecule has 0 amide bonds. The molecule has 0 aliphatic carbocycles. The highest BCUT2D eigenvalue weighted by molar-refractivity contribution is 7.91. The molecule has 18 heavy (non-hydrogen) atoms. The smallest absolute Gasteiger partial charge is 0.292 e. The van der Waals surface area contributed by atoms with Gasteiger partial charge >= 0.3 is 0 Å². The molecule has 7 heteroatoms. The van der Waals surface area contributed by atoms with E-state index in [2.05, 4.69) is 4.72 Å². The van der Waals surface area contributed by atoms with Gasteiger partial charge in [0.25, 0.3) is 10.0 Å². The van der Waals surface area contributed by atoms with E-state index in [0.29, 0.717) is 15.7 Å². The molecule has 95 valence electrons. The predicted octanol–water partition coefficient (Wildman–Crippen LogP) is 2.92. The summed E-state index contributed by atoms with van der Waals surface area (Å²) < 4.78 is 28.2. The number of nitrogen functional groups attached to an aromatic ring is 1. The van der Waals surface area contributed by atoms with Crippen molar-refractivity contribution < 1.29 is 8.42 Å². The Morgan fingerprint density at radius 2 is 2.00 bits per heavy atom. The summed E-state index contributed by atoms with van der Waals surface area (Å²) in [4.78, 5) is 0. The van der Waals surface area contributed by atoms with E-state index in [1.807, 2.05) is 0 Å². The Morgan fingerprint density at radius 1 is 1.28 bits per heavy atom. The summed E-state index contributed by atoms with van der Waals surface area (Å²) in [5.41, 5.74) is 7.40. The number of nitrogens with two attached hydrogens (primary N) is 1. The van der Waals surface area contributed by atoms with Crippen LogP contribution >= 0.6 is 22.9 Å². The van der Waals surface area contributed by atoms with Gasteiger partial charge in [0.05, 0.1) is 10.0 Å². The Morgan fingerprint density at radius 3 is 2.56 bits per heavy atom. The van der Waals surface area contributed by atoms with Crippen molar-refractivity contribution in [1.29, 1.82) is 0 Å². The topological polar surface area (TPSA) is 74.3 Å². The van der Waals surface area contributed by atoms with E-state index in [-0.39, 0.29) is 4.21 Å². The van der Waals surface area contributed by atoms with Crippen molar-refractivity contribution in [2.75, 3.05) is 5.73 Å². The van der Waals surface area contributed by atoms with Crippen molar-refractivity contribution >= 4 is 44.3 Å². The standard InChI is InChI=1S/C11H10ClN2O2S2/c1-7-6-8(2-3-9(7)13)14-18(15,16)11-5-4-10(12)17-11/h2-6H,13H2,1H3. The van der Waals surface area contributed by atoms with Gasteiger partial charge in [-0.25, -0.2) is 0 Å². The molecule has 2 rings (SSSR count). The maximum Gasteiger partial charge on any atom is 0.292 e. The molecule has 1 heterocycles. The van der Waals surface area contributed by atoms with Crippen molar-refractivity contribution in [3.63, 3.8) is 0 Å². The van der Waals surface area contributed by atoms with Crippen LogP contribution in [-0.2, 0) is 10.0 Å². The highest BCUT2D eigenvalue weighted by atomic mass is 35.5. The molecular weight excluding hydrogens is 292 g/mol. The third kappa shape index (κ3) is 2.77. The van der Waals surface area contributed by atoms with Gasteiger partial charge in [0.1, 0.15) is 4.21 Å². The maximum atomic E-state index is 12.0. The highest BCUT2D eigenvalue weighted by Crippen LogP contribution is 2.28. The number of aryl methyl sites for hydroxylation is 1. The largest absolute Gasteiger partial charge is 0.399 e. The molecule has 0 saturated heterocycles. The number of rotatable bonds is 3. The first kappa shape index (κ1) is 13.2. The van der Waals surface area contributed by atoms with E-state index in [0.717, 1.165) is 16.9 Å². The highest BCUT2D eigenvalue weighted by Gasteiger charge is 2.19. The van der Waals surface area contributed by atoms with Crippen LogP contribution < -0.4 is 10.5 Å². The lowest BCUT2D eigenvalue weighted by molar-refractivity contribution is 0.592. The zero-order chi connectivity index (χ0) is 13.3. The third-order valence-electron chi connectivity index (χ3n) is 2.28. The molecule has 0 fully saturated rings.